The number of hydrogen-bond acceptors (Lipinski definition) is 1. The van der Waals surface area contributed by atoms with E-state index in [-0.39, 0.29) is 0 Å². The van der Waals surface area contributed by atoms with E-state index in [1.165, 1.54) is 34.9 Å². The molecule has 0 unspecified atom stereocenters. The molecule has 1 aromatic rings. The van der Waals surface area contributed by atoms with E-state index >= 15 is 0 Å². The van der Waals surface area contributed by atoms with Crippen LogP contribution in [0.5, 0.6) is 0 Å². The van der Waals surface area contributed by atoms with Crippen LogP contribution in [0.25, 0.3) is 0 Å². The van der Waals surface area contributed by atoms with Crippen LogP contribution in [0, 0.1) is 0 Å². The van der Waals surface area contributed by atoms with Crippen molar-refractivity contribution in [3.63, 3.8) is 0 Å². The molecule has 2 heteroatoms. The van der Waals surface area contributed by atoms with Crippen LogP contribution in [0.4, 0.5) is 0 Å². The fourth-order valence-electron chi connectivity index (χ4n) is 2.74. The molecule has 0 N–H and O–H groups in total. The number of rotatable bonds is 0. The first-order valence-corrected chi connectivity index (χ1v) is 6.04. The lowest BCUT2D eigenvalue weighted by molar-refractivity contribution is 0.0930. The summed E-state index contributed by atoms with van der Waals surface area (Å²) in [6, 6.07) is 6.69. The normalized spacial score (nSPS) is 29.8. The van der Waals surface area contributed by atoms with Gasteiger partial charge in [0, 0.05) is 17.0 Å². The molecule has 1 fully saturated rings. The highest BCUT2D eigenvalue weighted by Gasteiger charge is 2.34. The summed E-state index contributed by atoms with van der Waals surface area (Å²) < 4.78 is 6.93. The molecule has 1 saturated heterocycles. The molecule has 0 radical (unpaired) electrons. The molecule has 0 bridgehead atoms. The van der Waals surface area contributed by atoms with Gasteiger partial charge >= 0.3 is 0 Å². The molecule has 14 heavy (non-hydrogen) atoms. The maximum Gasteiger partial charge on any atom is 0.0647 e. The van der Waals surface area contributed by atoms with Crippen LogP contribution in [-0.4, -0.2) is 12.7 Å². The second kappa shape index (κ2) is 3.35. The Balaban J connectivity index is 2.05. The number of benzene rings is 1. The first kappa shape index (κ1) is 8.93. The number of halogens is 1. The Morgan fingerprint density at radius 3 is 3.14 bits per heavy atom. The van der Waals surface area contributed by atoms with Gasteiger partial charge in [-0.2, -0.15) is 0 Å². The Labute approximate surface area is 92.6 Å². The predicted molar refractivity (Wildman–Crippen MR) is 59.6 cm³/mol. The maximum absolute atomic E-state index is 5.73. The Hall–Kier alpha value is -0.340. The number of aryl methyl sites for hydroxylation is 1. The van der Waals surface area contributed by atoms with Crippen LogP contribution in [0.3, 0.4) is 0 Å². The third-order valence-electron chi connectivity index (χ3n) is 3.41. The Morgan fingerprint density at radius 1 is 1.29 bits per heavy atom. The summed E-state index contributed by atoms with van der Waals surface area (Å²) in [5.74, 6) is 0.673. The van der Waals surface area contributed by atoms with Crippen molar-refractivity contribution in [3.05, 3.63) is 33.8 Å². The summed E-state index contributed by atoms with van der Waals surface area (Å²) in [7, 11) is 0. The molecule has 1 aliphatic carbocycles. The zero-order valence-corrected chi connectivity index (χ0v) is 9.59. The van der Waals surface area contributed by atoms with Gasteiger partial charge in [-0.1, -0.05) is 22.0 Å². The van der Waals surface area contributed by atoms with Crippen molar-refractivity contribution in [2.24, 2.45) is 0 Å². The van der Waals surface area contributed by atoms with Crippen molar-refractivity contribution < 1.29 is 4.74 Å². The predicted octanol–water partition coefficient (Wildman–Crippen LogP) is 3.27. The van der Waals surface area contributed by atoms with Crippen LogP contribution in [0.15, 0.2) is 22.7 Å². The van der Waals surface area contributed by atoms with Gasteiger partial charge < -0.3 is 4.74 Å². The maximum atomic E-state index is 5.73. The van der Waals surface area contributed by atoms with E-state index in [0.29, 0.717) is 12.0 Å². The Bertz CT molecular complexity index is 361. The van der Waals surface area contributed by atoms with Gasteiger partial charge in [-0.25, -0.2) is 0 Å². The SMILES string of the molecule is Brc1ccc2c(c1)CC[C@@H]1OCC[C@H]21. The van der Waals surface area contributed by atoms with Crippen molar-refractivity contribution in [1.82, 2.24) is 0 Å². The average molecular weight is 253 g/mol. The van der Waals surface area contributed by atoms with Crippen LogP contribution in [0.2, 0.25) is 0 Å². The molecule has 1 heterocycles. The van der Waals surface area contributed by atoms with Gasteiger partial charge in [0.2, 0.25) is 0 Å². The second-order valence-electron chi connectivity index (χ2n) is 4.19. The lowest BCUT2D eigenvalue weighted by atomic mass is 9.80. The smallest absolute Gasteiger partial charge is 0.0647 e. The van der Waals surface area contributed by atoms with E-state index in [4.69, 9.17) is 4.74 Å². The average Bonchev–Trinajstić information content (AvgIpc) is 2.65. The zero-order chi connectivity index (χ0) is 9.54. The lowest BCUT2D eigenvalue weighted by Gasteiger charge is -2.27. The van der Waals surface area contributed by atoms with E-state index in [1.54, 1.807) is 0 Å². The summed E-state index contributed by atoms with van der Waals surface area (Å²) in [6.45, 7) is 0.949. The Kier molecular flexibility index (Phi) is 2.14. The molecular formula is C12H13BrO. The quantitative estimate of drug-likeness (QED) is 0.689. The number of fused-ring (bicyclic) bond motifs is 3. The van der Waals surface area contributed by atoms with Gasteiger partial charge in [0.1, 0.15) is 0 Å². The highest BCUT2D eigenvalue weighted by molar-refractivity contribution is 9.10. The molecule has 0 amide bonds. The molecule has 1 aromatic carbocycles. The third kappa shape index (κ3) is 1.32. The van der Waals surface area contributed by atoms with Crippen molar-refractivity contribution in [2.45, 2.75) is 31.3 Å². The van der Waals surface area contributed by atoms with Crippen LogP contribution in [0.1, 0.15) is 29.9 Å². The molecule has 2 atom stereocenters. The minimum Gasteiger partial charge on any atom is -0.378 e. The largest absolute Gasteiger partial charge is 0.378 e. The van der Waals surface area contributed by atoms with Gasteiger partial charge in [0.05, 0.1) is 6.10 Å². The summed E-state index contributed by atoms with van der Waals surface area (Å²) in [4.78, 5) is 0. The summed E-state index contributed by atoms with van der Waals surface area (Å²) in [5, 5.41) is 0. The van der Waals surface area contributed by atoms with Gasteiger partial charge in [-0.05, 0) is 42.5 Å². The zero-order valence-electron chi connectivity index (χ0n) is 8.00. The first-order chi connectivity index (χ1) is 6.84. The molecule has 0 aromatic heterocycles. The second-order valence-corrected chi connectivity index (χ2v) is 5.10. The van der Waals surface area contributed by atoms with E-state index in [2.05, 4.69) is 34.1 Å². The van der Waals surface area contributed by atoms with Crippen LogP contribution < -0.4 is 0 Å². The molecule has 3 rings (SSSR count). The van der Waals surface area contributed by atoms with E-state index in [9.17, 15) is 0 Å². The van der Waals surface area contributed by atoms with Crippen LogP contribution in [-0.2, 0) is 11.2 Å². The monoisotopic (exact) mass is 252 g/mol. The molecule has 2 aliphatic rings. The van der Waals surface area contributed by atoms with E-state index in [1.807, 2.05) is 0 Å². The molecular weight excluding hydrogens is 240 g/mol. The Morgan fingerprint density at radius 2 is 2.21 bits per heavy atom. The van der Waals surface area contributed by atoms with Crippen molar-refractivity contribution in [3.8, 4) is 0 Å². The van der Waals surface area contributed by atoms with Gasteiger partial charge in [0.15, 0.2) is 0 Å². The molecule has 0 saturated carbocycles. The number of ether oxygens (including phenoxy) is 1. The topological polar surface area (TPSA) is 9.23 Å². The van der Waals surface area contributed by atoms with Crippen molar-refractivity contribution >= 4 is 15.9 Å². The standard InChI is InChI=1S/C12H13BrO/c13-9-2-3-10-8(7-9)1-4-12-11(10)5-6-14-12/h2-3,7,11-12H,1,4-6H2/t11-,12+/m1/s1. The summed E-state index contributed by atoms with van der Waals surface area (Å²) >= 11 is 3.53. The fraction of sp³-hybridized carbons (Fsp3) is 0.500. The molecule has 1 aliphatic heterocycles. The third-order valence-corrected chi connectivity index (χ3v) is 3.91. The van der Waals surface area contributed by atoms with Gasteiger partial charge in [-0.3, -0.25) is 0 Å². The molecule has 1 nitrogen and oxygen atoms in total. The number of hydrogen-bond donors (Lipinski definition) is 0. The van der Waals surface area contributed by atoms with Gasteiger partial charge in [-0.15, -0.1) is 0 Å². The van der Waals surface area contributed by atoms with E-state index in [0.717, 1.165) is 6.61 Å². The van der Waals surface area contributed by atoms with E-state index < -0.39 is 0 Å². The highest BCUT2D eigenvalue weighted by atomic mass is 79.9. The van der Waals surface area contributed by atoms with Crippen LogP contribution >= 0.6 is 15.9 Å². The highest BCUT2D eigenvalue weighted by Crippen LogP contribution is 2.40. The summed E-state index contributed by atoms with van der Waals surface area (Å²) in [5.41, 5.74) is 3.05. The van der Waals surface area contributed by atoms with Crippen molar-refractivity contribution in [2.75, 3.05) is 6.61 Å². The van der Waals surface area contributed by atoms with Crippen molar-refractivity contribution in [1.29, 1.82) is 0 Å². The summed E-state index contributed by atoms with van der Waals surface area (Å²) in [6.07, 6.45) is 4.09. The minimum atomic E-state index is 0.503. The first-order valence-electron chi connectivity index (χ1n) is 5.24. The molecule has 0 spiro atoms. The van der Waals surface area contributed by atoms with Gasteiger partial charge in [0.25, 0.3) is 0 Å². The fourth-order valence-corrected chi connectivity index (χ4v) is 3.15. The lowest BCUT2D eigenvalue weighted by Crippen LogP contribution is -2.21. The minimum absolute atomic E-state index is 0.503. The molecule has 74 valence electrons.